The number of carbonyl (C=O) groups excluding carboxylic acids is 1. The Labute approximate surface area is 119 Å². The normalized spacial score (nSPS) is 10.7. The van der Waals surface area contributed by atoms with Crippen molar-refractivity contribution in [1.29, 1.82) is 0 Å². The number of nitrogens with two attached hydrogens (primary N) is 1. The molecule has 3 N–H and O–H groups in total. The number of anilines is 1. The SMILES string of the molecule is Nc1ccc2c(c1)oc(=O)n2C(=O)NCc1ccccc1. The fourth-order valence-electron chi connectivity index (χ4n) is 2.08. The van der Waals surface area contributed by atoms with Crippen molar-refractivity contribution in [2.75, 3.05) is 5.73 Å². The zero-order chi connectivity index (χ0) is 14.8. The van der Waals surface area contributed by atoms with Gasteiger partial charge in [0.25, 0.3) is 0 Å². The van der Waals surface area contributed by atoms with Crippen molar-refractivity contribution in [3.8, 4) is 0 Å². The minimum absolute atomic E-state index is 0.287. The third-order valence-corrected chi connectivity index (χ3v) is 3.09. The van der Waals surface area contributed by atoms with Crippen LogP contribution in [0.5, 0.6) is 0 Å². The topological polar surface area (TPSA) is 90.3 Å². The maximum atomic E-state index is 12.2. The van der Waals surface area contributed by atoms with E-state index in [0.29, 0.717) is 17.7 Å². The summed E-state index contributed by atoms with van der Waals surface area (Å²) in [4.78, 5) is 24.0. The van der Waals surface area contributed by atoms with Gasteiger partial charge in [-0.15, -0.1) is 0 Å². The summed E-state index contributed by atoms with van der Waals surface area (Å²) in [6.45, 7) is 0.327. The van der Waals surface area contributed by atoms with Crippen LogP contribution in [0, 0.1) is 0 Å². The van der Waals surface area contributed by atoms with Crippen LogP contribution >= 0.6 is 0 Å². The summed E-state index contributed by atoms with van der Waals surface area (Å²) in [6.07, 6.45) is 0. The molecule has 3 aromatic rings. The number of nitrogen functional groups attached to an aromatic ring is 1. The number of fused-ring (bicyclic) bond motifs is 1. The summed E-state index contributed by atoms with van der Waals surface area (Å²) in [6, 6.07) is 13.6. The van der Waals surface area contributed by atoms with Gasteiger partial charge in [0.1, 0.15) is 5.52 Å². The van der Waals surface area contributed by atoms with E-state index >= 15 is 0 Å². The van der Waals surface area contributed by atoms with Crippen LogP contribution in [0.15, 0.2) is 57.7 Å². The monoisotopic (exact) mass is 283 g/mol. The van der Waals surface area contributed by atoms with Crippen molar-refractivity contribution >= 4 is 22.8 Å². The van der Waals surface area contributed by atoms with E-state index in [2.05, 4.69) is 5.32 Å². The lowest BCUT2D eigenvalue weighted by Crippen LogP contribution is -2.33. The van der Waals surface area contributed by atoms with Crippen molar-refractivity contribution in [2.24, 2.45) is 0 Å². The minimum atomic E-state index is -0.735. The fourth-order valence-corrected chi connectivity index (χ4v) is 2.08. The summed E-state index contributed by atoms with van der Waals surface area (Å²) in [7, 11) is 0. The van der Waals surface area contributed by atoms with E-state index in [4.69, 9.17) is 10.2 Å². The molecule has 1 amide bonds. The van der Waals surface area contributed by atoms with Gasteiger partial charge < -0.3 is 15.5 Å². The molecule has 6 nitrogen and oxygen atoms in total. The van der Waals surface area contributed by atoms with Crippen LogP contribution in [0.25, 0.3) is 11.1 Å². The Hall–Kier alpha value is -3.02. The molecule has 0 aliphatic rings. The van der Waals surface area contributed by atoms with Crippen LogP contribution < -0.4 is 16.8 Å². The van der Waals surface area contributed by atoms with E-state index in [0.717, 1.165) is 10.1 Å². The van der Waals surface area contributed by atoms with Gasteiger partial charge in [-0.3, -0.25) is 0 Å². The molecule has 21 heavy (non-hydrogen) atoms. The minimum Gasteiger partial charge on any atom is -0.407 e. The molecular weight excluding hydrogens is 270 g/mol. The largest absolute Gasteiger partial charge is 0.428 e. The Morgan fingerprint density at radius 3 is 2.71 bits per heavy atom. The predicted octanol–water partition coefficient (Wildman–Crippen LogP) is 1.93. The second-order valence-electron chi connectivity index (χ2n) is 4.57. The highest BCUT2D eigenvalue weighted by Gasteiger charge is 2.15. The highest BCUT2D eigenvalue weighted by atomic mass is 16.4. The Bertz CT molecular complexity index is 849. The van der Waals surface area contributed by atoms with Crippen molar-refractivity contribution in [1.82, 2.24) is 9.88 Å². The molecule has 0 aliphatic heterocycles. The average molecular weight is 283 g/mol. The van der Waals surface area contributed by atoms with E-state index in [9.17, 15) is 9.59 Å². The molecule has 0 unspecified atom stereocenters. The molecule has 0 saturated heterocycles. The maximum Gasteiger partial charge on any atom is 0.428 e. The number of nitrogens with one attached hydrogen (secondary N) is 1. The first-order valence-corrected chi connectivity index (χ1v) is 6.38. The Morgan fingerprint density at radius 2 is 1.95 bits per heavy atom. The van der Waals surface area contributed by atoms with Crippen molar-refractivity contribution < 1.29 is 9.21 Å². The fraction of sp³-hybridized carbons (Fsp3) is 0.0667. The molecule has 0 bridgehead atoms. The van der Waals surface area contributed by atoms with Crippen LogP contribution in [-0.2, 0) is 6.54 Å². The number of hydrogen-bond donors (Lipinski definition) is 2. The second-order valence-corrected chi connectivity index (χ2v) is 4.57. The van der Waals surface area contributed by atoms with Crippen LogP contribution in [0.4, 0.5) is 10.5 Å². The first kappa shape index (κ1) is 13.0. The number of nitrogens with zero attached hydrogens (tertiary/aromatic N) is 1. The number of oxazole rings is 1. The third kappa shape index (κ3) is 2.51. The molecule has 0 spiro atoms. The van der Waals surface area contributed by atoms with Crippen molar-refractivity contribution in [3.63, 3.8) is 0 Å². The van der Waals surface area contributed by atoms with Gasteiger partial charge in [0.15, 0.2) is 5.58 Å². The van der Waals surface area contributed by atoms with Crippen LogP contribution in [-0.4, -0.2) is 10.6 Å². The summed E-state index contributed by atoms with van der Waals surface area (Å²) < 4.78 is 5.98. The molecule has 0 atom stereocenters. The molecule has 1 heterocycles. The van der Waals surface area contributed by atoms with Gasteiger partial charge in [-0.25, -0.2) is 9.59 Å². The molecule has 2 aromatic carbocycles. The number of amides is 1. The molecule has 106 valence electrons. The lowest BCUT2D eigenvalue weighted by Gasteiger charge is -2.05. The zero-order valence-electron chi connectivity index (χ0n) is 11.1. The van der Waals surface area contributed by atoms with Crippen LogP contribution in [0.3, 0.4) is 0 Å². The molecule has 3 rings (SSSR count). The molecule has 0 fully saturated rings. The van der Waals surface area contributed by atoms with Gasteiger partial charge >= 0.3 is 11.8 Å². The summed E-state index contributed by atoms with van der Waals surface area (Å²) in [5, 5.41) is 2.68. The molecule has 1 aromatic heterocycles. The van der Waals surface area contributed by atoms with E-state index in [-0.39, 0.29) is 5.58 Å². The molecule has 0 aliphatic carbocycles. The standard InChI is InChI=1S/C15H13N3O3/c16-11-6-7-12-13(8-11)21-15(20)18(12)14(19)17-9-10-4-2-1-3-5-10/h1-8H,9,16H2,(H,17,19). The van der Waals surface area contributed by atoms with E-state index in [1.807, 2.05) is 30.3 Å². The van der Waals surface area contributed by atoms with Gasteiger partial charge in [-0.1, -0.05) is 30.3 Å². The zero-order valence-corrected chi connectivity index (χ0v) is 11.1. The van der Waals surface area contributed by atoms with Crippen molar-refractivity contribution in [3.05, 3.63) is 64.6 Å². The summed E-state index contributed by atoms with van der Waals surface area (Å²) in [5.41, 5.74) is 7.70. The first-order chi connectivity index (χ1) is 10.1. The van der Waals surface area contributed by atoms with Crippen LogP contribution in [0.1, 0.15) is 5.56 Å². The second kappa shape index (κ2) is 5.16. The quantitative estimate of drug-likeness (QED) is 0.703. The molecule has 0 radical (unpaired) electrons. The molecular formula is C15H13N3O3. The number of carbonyl (C=O) groups is 1. The average Bonchev–Trinajstić information content (AvgIpc) is 2.81. The Morgan fingerprint density at radius 1 is 1.19 bits per heavy atom. The van der Waals surface area contributed by atoms with Gasteiger partial charge in [0.05, 0.1) is 0 Å². The Balaban J connectivity index is 1.88. The van der Waals surface area contributed by atoms with Gasteiger partial charge in [-0.05, 0) is 17.7 Å². The predicted molar refractivity (Wildman–Crippen MR) is 79.0 cm³/mol. The maximum absolute atomic E-state index is 12.2. The number of hydrogen-bond acceptors (Lipinski definition) is 4. The molecule has 0 saturated carbocycles. The van der Waals surface area contributed by atoms with Crippen molar-refractivity contribution in [2.45, 2.75) is 6.54 Å². The summed E-state index contributed by atoms with van der Waals surface area (Å²) in [5.74, 6) is -0.735. The highest BCUT2D eigenvalue weighted by Crippen LogP contribution is 2.16. The number of rotatable bonds is 2. The van der Waals surface area contributed by atoms with Crippen LogP contribution in [0.2, 0.25) is 0 Å². The Kier molecular flexibility index (Phi) is 3.19. The number of benzene rings is 2. The van der Waals surface area contributed by atoms with Gasteiger partial charge in [-0.2, -0.15) is 4.57 Å². The summed E-state index contributed by atoms with van der Waals surface area (Å²) >= 11 is 0. The van der Waals surface area contributed by atoms with Gasteiger partial charge in [0, 0.05) is 18.3 Å². The van der Waals surface area contributed by atoms with E-state index in [1.54, 1.807) is 12.1 Å². The van der Waals surface area contributed by atoms with E-state index < -0.39 is 11.8 Å². The smallest absolute Gasteiger partial charge is 0.407 e. The van der Waals surface area contributed by atoms with E-state index in [1.165, 1.54) is 6.07 Å². The highest BCUT2D eigenvalue weighted by molar-refractivity contribution is 5.89. The first-order valence-electron chi connectivity index (χ1n) is 6.38. The lowest BCUT2D eigenvalue weighted by molar-refractivity contribution is 0.241. The van der Waals surface area contributed by atoms with Gasteiger partial charge in [0.2, 0.25) is 0 Å². The molecule has 6 heteroatoms. The third-order valence-electron chi connectivity index (χ3n) is 3.09. The number of aromatic nitrogens is 1. The lowest BCUT2D eigenvalue weighted by atomic mass is 10.2.